The first kappa shape index (κ1) is 14.7. The van der Waals surface area contributed by atoms with Crippen molar-refractivity contribution in [2.45, 2.75) is 0 Å². The third-order valence-electron chi connectivity index (χ3n) is 7.94. The van der Waals surface area contributed by atoms with Crippen molar-refractivity contribution in [1.82, 2.24) is 0 Å². The maximum Gasteiger partial charge on any atom is 0.136 e. The summed E-state index contributed by atoms with van der Waals surface area (Å²) in [5.41, 5.74) is -0.522. The summed E-state index contributed by atoms with van der Waals surface area (Å²) in [5.74, 6) is 0. The van der Waals surface area contributed by atoms with Gasteiger partial charge < -0.3 is 4.42 Å². The third kappa shape index (κ3) is 4.17. The molecule has 9 rings (SSSR count). The maximum atomic E-state index is 9.79. The van der Waals surface area contributed by atoms with Gasteiger partial charge in [-0.2, -0.15) is 0 Å². The van der Waals surface area contributed by atoms with E-state index < -0.39 is 124 Å². The van der Waals surface area contributed by atoms with Gasteiger partial charge in [0.2, 0.25) is 0 Å². The summed E-state index contributed by atoms with van der Waals surface area (Å²) in [6, 6.07) is 14.7. The van der Waals surface area contributed by atoms with E-state index in [1.54, 1.807) is 0 Å². The predicted molar refractivity (Wildman–Crippen MR) is 190 cm³/mol. The molecule has 0 N–H and O–H groups in total. The number of hydrogen-bond acceptors (Lipinski definition) is 1. The second kappa shape index (κ2) is 10.4. The van der Waals surface area contributed by atoms with Gasteiger partial charge in [-0.1, -0.05) is 145 Å². The fourth-order valence-corrected chi connectivity index (χ4v) is 6.05. The van der Waals surface area contributed by atoms with Crippen molar-refractivity contribution in [3.05, 3.63) is 169 Å². The van der Waals surface area contributed by atoms with Crippen LogP contribution in [0.2, 0.25) is 0 Å². The van der Waals surface area contributed by atoms with E-state index >= 15 is 0 Å². The Morgan fingerprint density at radius 1 is 0.378 bits per heavy atom. The largest absolute Gasteiger partial charge is 0.456 e. The molecule has 0 aliphatic carbocycles. The van der Waals surface area contributed by atoms with Crippen LogP contribution in [0.1, 0.15) is 20.6 Å². The highest BCUT2D eigenvalue weighted by Gasteiger charge is 2.17. The van der Waals surface area contributed by atoms with Gasteiger partial charge in [-0.15, -0.1) is 0 Å². The lowest BCUT2D eigenvalue weighted by Gasteiger charge is -2.18. The Kier molecular flexibility index (Phi) is 3.39. The SMILES string of the molecule is [2H]c1c([2H])c([2H])c(-c2c([2H])c([2H])c([2H])c3oc4c([2H])c([2H])c(-c5c([2H])c([2H])c([2H])c(-c6c7ccccc7c(-c7ccccc7)c7ccccc67)c5[2H])c([2H])c4c23)c([2H])c1[2H]. The molecule has 0 bridgehead atoms. The Labute approximate surface area is 282 Å². The molecule has 0 spiro atoms. The molecule has 1 heteroatoms. The van der Waals surface area contributed by atoms with Crippen LogP contribution >= 0.6 is 0 Å². The average Bonchev–Trinajstić information content (AvgIpc) is 3.66. The fourth-order valence-electron chi connectivity index (χ4n) is 6.05. The van der Waals surface area contributed by atoms with Crippen LogP contribution in [0.3, 0.4) is 0 Å². The minimum atomic E-state index is -0.741. The molecule has 0 saturated carbocycles. The topological polar surface area (TPSA) is 13.1 Å². The minimum absolute atomic E-state index is 0.0546. The molecule has 0 atom stereocenters. The lowest BCUT2D eigenvalue weighted by molar-refractivity contribution is 0.669. The summed E-state index contributed by atoms with van der Waals surface area (Å²) < 4.78 is 140. The van der Waals surface area contributed by atoms with Crippen molar-refractivity contribution in [2.75, 3.05) is 0 Å². The molecule has 0 aliphatic heterocycles. The molecule has 0 fully saturated rings. The lowest BCUT2D eigenvalue weighted by Crippen LogP contribution is -1.91. The van der Waals surface area contributed by atoms with E-state index in [0.29, 0.717) is 16.3 Å². The molecular formula is C44H28O. The number of hydrogen-bond donors (Lipinski definition) is 0. The number of furan rings is 1. The van der Waals surface area contributed by atoms with Crippen molar-refractivity contribution in [3.63, 3.8) is 0 Å². The summed E-state index contributed by atoms with van der Waals surface area (Å²) in [6.07, 6.45) is 0. The first-order valence-electron chi connectivity index (χ1n) is 21.7. The minimum Gasteiger partial charge on any atom is -0.456 e. The molecule has 0 amide bonds. The second-order valence-electron chi connectivity index (χ2n) is 10.5. The van der Waals surface area contributed by atoms with Gasteiger partial charge in [0, 0.05) is 10.8 Å². The Bertz CT molecular complexity index is 3290. The maximum absolute atomic E-state index is 9.79. The molecule has 0 saturated heterocycles. The zero-order chi connectivity index (χ0) is 42.8. The molecule has 210 valence electrons. The average molecular weight is 588 g/mol. The first-order chi connectivity index (χ1) is 28.6. The lowest BCUT2D eigenvalue weighted by atomic mass is 9.85. The third-order valence-corrected chi connectivity index (χ3v) is 7.94. The van der Waals surface area contributed by atoms with Gasteiger partial charge in [0.15, 0.2) is 0 Å². The van der Waals surface area contributed by atoms with Crippen molar-refractivity contribution in [2.24, 2.45) is 0 Å². The highest BCUT2D eigenvalue weighted by molar-refractivity contribution is 6.21. The standard InChI is InChI=1S/C44H28O/c1-3-13-29(14-4-1)34-23-12-24-41-44(34)39-28-32(25-26-40(39)45-41)31-17-11-18-33(27-31)43-37-21-9-7-19-35(37)42(30-15-5-2-6-16-30)36-20-8-10-22-38(36)43/h1-28H/i1D,3D,4D,11D,12D,13D,14D,17D,18D,23D,24D,25D,26D,27D,28D. The van der Waals surface area contributed by atoms with Gasteiger partial charge >= 0.3 is 0 Å². The molecule has 1 aromatic heterocycles. The van der Waals surface area contributed by atoms with Crippen LogP contribution in [0.5, 0.6) is 0 Å². The molecule has 1 nitrogen and oxygen atoms in total. The number of rotatable bonds is 4. The molecule has 0 unspecified atom stereocenters. The van der Waals surface area contributed by atoms with E-state index in [1.807, 2.05) is 78.9 Å². The van der Waals surface area contributed by atoms with Crippen LogP contribution < -0.4 is 0 Å². The van der Waals surface area contributed by atoms with Gasteiger partial charge in [0.05, 0.1) is 20.6 Å². The first-order valence-corrected chi connectivity index (χ1v) is 14.2. The molecule has 0 aliphatic rings. The predicted octanol–water partition coefficient (Wildman–Crippen LogP) is 12.6. The molecule has 9 aromatic rings. The highest BCUT2D eigenvalue weighted by atomic mass is 16.3. The number of benzene rings is 8. The van der Waals surface area contributed by atoms with Crippen LogP contribution in [-0.2, 0) is 0 Å². The normalized spacial score (nSPS) is 16.2. The smallest absolute Gasteiger partial charge is 0.136 e. The van der Waals surface area contributed by atoms with Crippen LogP contribution in [0.25, 0.3) is 88.0 Å². The summed E-state index contributed by atoms with van der Waals surface area (Å²) in [5, 5.41) is 2.21. The van der Waals surface area contributed by atoms with Gasteiger partial charge in [-0.25, -0.2) is 0 Å². The fraction of sp³-hybridized carbons (Fsp3) is 0. The van der Waals surface area contributed by atoms with Gasteiger partial charge in [0.1, 0.15) is 11.2 Å². The van der Waals surface area contributed by atoms with Crippen molar-refractivity contribution >= 4 is 43.5 Å². The molecular weight excluding hydrogens is 544 g/mol. The summed E-state index contributed by atoms with van der Waals surface area (Å²) >= 11 is 0. The van der Waals surface area contributed by atoms with Crippen molar-refractivity contribution in [3.8, 4) is 44.5 Å². The number of fused-ring (bicyclic) bond motifs is 5. The van der Waals surface area contributed by atoms with Gasteiger partial charge in [-0.05, 0) is 90.2 Å². The van der Waals surface area contributed by atoms with Crippen LogP contribution in [0.4, 0.5) is 0 Å². The highest BCUT2D eigenvalue weighted by Crippen LogP contribution is 2.44. The van der Waals surface area contributed by atoms with E-state index in [4.69, 9.17) is 19.5 Å². The summed E-state index contributed by atoms with van der Waals surface area (Å²) in [4.78, 5) is 0. The van der Waals surface area contributed by atoms with Gasteiger partial charge in [0.25, 0.3) is 0 Å². The van der Waals surface area contributed by atoms with E-state index in [9.17, 15) is 5.48 Å². The molecule has 1 heterocycles. The Hall–Kier alpha value is -5.92. The Balaban J connectivity index is 1.45. The monoisotopic (exact) mass is 587 g/mol. The van der Waals surface area contributed by atoms with E-state index in [2.05, 4.69) is 0 Å². The molecule has 8 aromatic carbocycles. The van der Waals surface area contributed by atoms with Crippen molar-refractivity contribution in [1.29, 1.82) is 0 Å². The summed E-state index contributed by atoms with van der Waals surface area (Å²) in [6.45, 7) is 0. The van der Waals surface area contributed by atoms with Crippen LogP contribution in [-0.4, -0.2) is 0 Å². The van der Waals surface area contributed by atoms with Gasteiger partial charge in [-0.3, -0.25) is 0 Å². The quantitative estimate of drug-likeness (QED) is 0.187. The van der Waals surface area contributed by atoms with E-state index in [1.165, 1.54) is 0 Å². The summed E-state index contributed by atoms with van der Waals surface area (Å²) in [7, 11) is 0. The van der Waals surface area contributed by atoms with Crippen LogP contribution in [0, 0.1) is 0 Å². The Morgan fingerprint density at radius 2 is 0.956 bits per heavy atom. The molecule has 0 radical (unpaired) electrons. The molecule has 45 heavy (non-hydrogen) atoms. The Morgan fingerprint density at radius 3 is 1.67 bits per heavy atom. The second-order valence-corrected chi connectivity index (χ2v) is 10.5. The zero-order valence-electron chi connectivity index (χ0n) is 38.4. The van der Waals surface area contributed by atoms with Crippen molar-refractivity contribution < 1.29 is 25.0 Å². The van der Waals surface area contributed by atoms with E-state index in [-0.39, 0.29) is 16.3 Å². The van der Waals surface area contributed by atoms with Crippen LogP contribution in [0.15, 0.2) is 174 Å². The van der Waals surface area contributed by atoms with E-state index in [0.717, 1.165) is 21.9 Å². The zero-order valence-corrected chi connectivity index (χ0v) is 23.4.